The van der Waals surface area contributed by atoms with Gasteiger partial charge in [-0.2, -0.15) is 13.9 Å². The van der Waals surface area contributed by atoms with Gasteiger partial charge in [-0.05, 0) is 72.6 Å². The van der Waals surface area contributed by atoms with Crippen LogP contribution in [0.25, 0.3) is 16.9 Å². The summed E-state index contributed by atoms with van der Waals surface area (Å²) in [4.78, 5) is 31.7. The highest BCUT2D eigenvalue weighted by Gasteiger charge is 2.50. The van der Waals surface area contributed by atoms with Gasteiger partial charge >= 0.3 is 6.55 Å². The van der Waals surface area contributed by atoms with Crippen LogP contribution in [0.5, 0.6) is 0 Å². The topological polar surface area (TPSA) is 73.0 Å². The van der Waals surface area contributed by atoms with Crippen molar-refractivity contribution in [2.45, 2.75) is 39.2 Å². The second-order valence-corrected chi connectivity index (χ2v) is 10.7. The van der Waals surface area contributed by atoms with Gasteiger partial charge in [-0.3, -0.25) is 19.1 Å². The van der Waals surface area contributed by atoms with Gasteiger partial charge in [-0.25, -0.2) is 9.07 Å². The number of hydrogen-bond acceptors (Lipinski definition) is 4. The number of pyridine rings is 2. The van der Waals surface area contributed by atoms with Gasteiger partial charge in [0.15, 0.2) is 0 Å². The van der Waals surface area contributed by atoms with Crippen molar-refractivity contribution in [3.63, 3.8) is 0 Å². The summed E-state index contributed by atoms with van der Waals surface area (Å²) in [7, 11) is 3.08. The molecule has 3 atom stereocenters. The molecule has 3 unspecified atom stereocenters. The van der Waals surface area contributed by atoms with Crippen LogP contribution in [-0.2, 0) is 0 Å². The molecule has 0 radical (unpaired) electrons. The van der Waals surface area contributed by atoms with Crippen molar-refractivity contribution in [3.8, 4) is 16.9 Å². The first kappa shape index (κ1) is 27.6. The molecule has 11 heteroatoms. The molecular weight excluding hydrogens is 543 g/mol. The van der Waals surface area contributed by atoms with Crippen molar-refractivity contribution in [1.29, 1.82) is 0 Å². The number of aromatic nitrogens is 4. The Morgan fingerprint density at radius 3 is 2.50 bits per heavy atom. The van der Waals surface area contributed by atoms with Crippen LogP contribution in [0.2, 0.25) is 5.02 Å². The first-order valence-corrected chi connectivity index (χ1v) is 13.0. The van der Waals surface area contributed by atoms with Crippen LogP contribution in [0, 0.1) is 25.6 Å². The van der Waals surface area contributed by atoms with E-state index in [2.05, 4.69) is 10.1 Å². The van der Waals surface area contributed by atoms with Gasteiger partial charge in [0.05, 0.1) is 23.1 Å². The van der Waals surface area contributed by atoms with E-state index in [0.29, 0.717) is 32.8 Å². The van der Waals surface area contributed by atoms with E-state index in [9.17, 15) is 18.4 Å². The third kappa shape index (κ3) is 4.60. The summed E-state index contributed by atoms with van der Waals surface area (Å²) in [6, 6.07) is 7.95. The Labute approximate surface area is 233 Å². The molecule has 1 aliphatic rings. The molecule has 0 N–H and O–H groups in total. The molecule has 3 aromatic heterocycles. The Bertz CT molecular complexity index is 1700. The number of rotatable bonds is 6. The van der Waals surface area contributed by atoms with Gasteiger partial charge in [-0.15, -0.1) is 0 Å². The third-order valence-electron chi connectivity index (χ3n) is 7.53. The van der Waals surface area contributed by atoms with E-state index >= 15 is 4.39 Å². The molecule has 0 aliphatic heterocycles. The first-order chi connectivity index (χ1) is 18.9. The zero-order valence-corrected chi connectivity index (χ0v) is 23.2. The molecule has 208 valence electrons. The van der Waals surface area contributed by atoms with E-state index in [4.69, 9.17) is 11.6 Å². The Morgan fingerprint density at radius 1 is 1.12 bits per heavy atom. The fraction of sp³-hybridized carbons (Fsp3) is 0.310. The molecule has 7 nitrogen and oxygen atoms in total. The lowest BCUT2D eigenvalue weighted by Crippen LogP contribution is -2.23. The van der Waals surface area contributed by atoms with E-state index in [0.717, 1.165) is 0 Å². The summed E-state index contributed by atoms with van der Waals surface area (Å²) in [5.74, 6) is -1.31. The zero-order chi connectivity index (χ0) is 29.0. The molecule has 1 aliphatic carbocycles. The van der Waals surface area contributed by atoms with E-state index in [-0.39, 0.29) is 39.6 Å². The van der Waals surface area contributed by atoms with Crippen molar-refractivity contribution < 1.29 is 18.0 Å². The SMILES string of the molecule is Cc1cnc(-c2cccc(C(=O)N(C)C)c2F)cc1-n1c(C)cc(C2C(C)C2c2cnn(C(F)F)c2)c(Cl)c1=O. The molecule has 0 spiro atoms. The van der Waals surface area contributed by atoms with Crippen LogP contribution in [0.3, 0.4) is 0 Å². The van der Waals surface area contributed by atoms with Crippen molar-refractivity contribution in [2.75, 3.05) is 14.1 Å². The van der Waals surface area contributed by atoms with E-state index in [1.54, 1.807) is 40.1 Å². The maximum absolute atomic E-state index is 15.4. The lowest BCUT2D eigenvalue weighted by Gasteiger charge is -2.17. The second-order valence-electron chi connectivity index (χ2n) is 10.4. The molecule has 0 bridgehead atoms. The minimum Gasteiger partial charge on any atom is -0.345 e. The Balaban J connectivity index is 1.55. The average molecular weight is 570 g/mol. The van der Waals surface area contributed by atoms with E-state index in [1.165, 1.54) is 40.2 Å². The first-order valence-electron chi connectivity index (χ1n) is 12.6. The maximum Gasteiger partial charge on any atom is 0.333 e. The third-order valence-corrected chi connectivity index (χ3v) is 7.91. The van der Waals surface area contributed by atoms with Crippen molar-refractivity contribution >= 4 is 17.5 Å². The molecule has 4 aromatic rings. The highest BCUT2D eigenvalue weighted by atomic mass is 35.5. The predicted octanol–water partition coefficient (Wildman–Crippen LogP) is 6.12. The highest BCUT2D eigenvalue weighted by Crippen LogP contribution is 2.61. The zero-order valence-electron chi connectivity index (χ0n) is 22.5. The Hall–Kier alpha value is -3.92. The van der Waals surface area contributed by atoms with Crippen LogP contribution in [0.1, 0.15) is 58.1 Å². The van der Waals surface area contributed by atoms with Gasteiger partial charge in [0.25, 0.3) is 11.5 Å². The maximum atomic E-state index is 15.4. The number of alkyl halides is 2. The average Bonchev–Trinajstić information content (AvgIpc) is 3.31. The standard InChI is InChI=1S/C29H27ClF3N5O2/c1-14-11-34-21(18-7-6-8-19(26(18)31)27(39)36(4)5)10-22(14)38-15(2)9-20(25(30)28(38)40)24-16(3)23(24)17-12-35-37(13-17)29(32)33/h6-13,16,23-24,29H,1-5H3. The van der Waals surface area contributed by atoms with Gasteiger partial charge in [0, 0.05) is 37.7 Å². The summed E-state index contributed by atoms with van der Waals surface area (Å²) in [5.41, 5.74) is 2.90. The molecule has 1 fully saturated rings. The highest BCUT2D eigenvalue weighted by molar-refractivity contribution is 6.31. The smallest absolute Gasteiger partial charge is 0.333 e. The molecule has 5 rings (SSSR count). The number of amides is 1. The van der Waals surface area contributed by atoms with Crippen LogP contribution < -0.4 is 5.56 Å². The molecule has 0 saturated heterocycles. The van der Waals surface area contributed by atoms with Crippen molar-refractivity contribution in [2.24, 2.45) is 5.92 Å². The number of hydrogen-bond donors (Lipinski definition) is 0. The minimum absolute atomic E-state index is 0.0359. The summed E-state index contributed by atoms with van der Waals surface area (Å²) in [6.07, 6.45) is 4.30. The van der Waals surface area contributed by atoms with Crippen LogP contribution in [0.4, 0.5) is 13.2 Å². The molecule has 3 heterocycles. The molecule has 1 amide bonds. The number of halogens is 4. The molecule has 1 saturated carbocycles. The van der Waals surface area contributed by atoms with Gasteiger partial charge in [-0.1, -0.05) is 24.6 Å². The van der Waals surface area contributed by atoms with Gasteiger partial charge in [0.1, 0.15) is 10.8 Å². The van der Waals surface area contributed by atoms with Crippen molar-refractivity contribution in [3.05, 3.63) is 98.1 Å². The van der Waals surface area contributed by atoms with Gasteiger partial charge < -0.3 is 4.90 Å². The lowest BCUT2D eigenvalue weighted by atomic mass is 10.0. The fourth-order valence-corrected chi connectivity index (χ4v) is 5.66. The Morgan fingerprint density at radius 2 is 1.85 bits per heavy atom. The minimum atomic E-state index is -2.73. The predicted molar refractivity (Wildman–Crippen MR) is 146 cm³/mol. The number of aryl methyl sites for hydroxylation is 2. The summed E-state index contributed by atoms with van der Waals surface area (Å²) in [6.45, 7) is 2.81. The Kier molecular flexibility index (Phi) is 7.08. The molecule has 40 heavy (non-hydrogen) atoms. The fourth-order valence-electron chi connectivity index (χ4n) is 5.40. The van der Waals surface area contributed by atoms with Crippen LogP contribution >= 0.6 is 11.6 Å². The second kappa shape index (κ2) is 10.2. The monoisotopic (exact) mass is 569 g/mol. The summed E-state index contributed by atoms with van der Waals surface area (Å²) in [5, 5.41) is 3.77. The van der Waals surface area contributed by atoms with E-state index in [1.807, 2.05) is 13.0 Å². The molecule has 1 aromatic carbocycles. The van der Waals surface area contributed by atoms with E-state index < -0.39 is 23.8 Å². The van der Waals surface area contributed by atoms with Crippen LogP contribution in [-0.4, -0.2) is 44.2 Å². The summed E-state index contributed by atoms with van der Waals surface area (Å²) >= 11 is 6.66. The quantitative estimate of drug-likeness (QED) is 0.280. The summed E-state index contributed by atoms with van der Waals surface area (Å²) < 4.78 is 43.5. The normalized spacial score (nSPS) is 18.3. The van der Waals surface area contributed by atoms with Crippen molar-refractivity contribution in [1.82, 2.24) is 24.2 Å². The number of benzene rings is 1. The largest absolute Gasteiger partial charge is 0.345 e. The number of nitrogens with zero attached hydrogens (tertiary/aromatic N) is 5. The number of carbonyl (C=O) groups excluding carboxylic acids is 1. The number of carbonyl (C=O) groups is 1. The molecular formula is C29H27ClF3N5O2. The van der Waals surface area contributed by atoms with Gasteiger partial charge in [0.2, 0.25) is 0 Å². The van der Waals surface area contributed by atoms with Crippen LogP contribution in [0.15, 0.2) is 53.7 Å². The lowest BCUT2D eigenvalue weighted by molar-refractivity contribution is 0.0565.